The first-order valence-corrected chi connectivity index (χ1v) is 9.65. The highest BCUT2D eigenvalue weighted by atomic mass is 16.5. The average molecular weight is 399 g/mol. The standard InChI is InChI=1S/C23H21N5O2/c1-29-19-12-11-16(13-20(19)30-14-15-7-3-2-4-8-15)21-26-22(24)27-23-25-17-9-5-6-10-18(17)28(21)23/h2-13,21H,14H2,1H3,(H3,24,25,26,27). The molecule has 0 aliphatic carbocycles. The van der Waals surface area contributed by atoms with Crippen LogP contribution in [0.15, 0.2) is 77.8 Å². The van der Waals surface area contributed by atoms with Gasteiger partial charge in [-0.15, -0.1) is 0 Å². The lowest BCUT2D eigenvalue weighted by Gasteiger charge is -2.24. The molecule has 1 aliphatic rings. The van der Waals surface area contributed by atoms with Crippen LogP contribution in [0, 0.1) is 0 Å². The Morgan fingerprint density at radius 2 is 1.80 bits per heavy atom. The number of methoxy groups -OCH3 is 1. The second-order valence-corrected chi connectivity index (χ2v) is 6.99. The van der Waals surface area contributed by atoms with Gasteiger partial charge in [0.25, 0.3) is 0 Å². The number of aromatic nitrogens is 2. The first kappa shape index (κ1) is 18.1. The molecule has 1 atom stereocenters. The van der Waals surface area contributed by atoms with Crippen molar-refractivity contribution in [1.82, 2.24) is 9.55 Å². The van der Waals surface area contributed by atoms with Gasteiger partial charge in [0.1, 0.15) is 6.61 Å². The second kappa shape index (κ2) is 7.44. The highest BCUT2D eigenvalue weighted by Gasteiger charge is 2.26. The number of fused-ring (bicyclic) bond motifs is 3. The Bertz CT molecular complexity index is 1230. The minimum absolute atomic E-state index is 0.324. The molecule has 0 saturated carbocycles. The molecule has 0 saturated heterocycles. The van der Waals surface area contributed by atoms with E-state index >= 15 is 0 Å². The van der Waals surface area contributed by atoms with E-state index in [1.54, 1.807) is 7.11 Å². The van der Waals surface area contributed by atoms with E-state index in [1.807, 2.05) is 77.4 Å². The summed E-state index contributed by atoms with van der Waals surface area (Å²) < 4.78 is 13.6. The Hall–Kier alpha value is -4.00. The average Bonchev–Trinajstić information content (AvgIpc) is 3.15. The van der Waals surface area contributed by atoms with Gasteiger partial charge in [0, 0.05) is 5.56 Å². The van der Waals surface area contributed by atoms with Crippen LogP contribution in [0.25, 0.3) is 11.0 Å². The third kappa shape index (κ3) is 3.20. The van der Waals surface area contributed by atoms with Crippen LogP contribution >= 0.6 is 0 Å². The normalized spacial score (nSPS) is 15.2. The number of hydrogen-bond donors (Lipinski definition) is 2. The predicted molar refractivity (Wildman–Crippen MR) is 117 cm³/mol. The van der Waals surface area contributed by atoms with E-state index in [0.29, 0.717) is 30.0 Å². The van der Waals surface area contributed by atoms with Gasteiger partial charge in [-0.25, -0.2) is 9.98 Å². The van der Waals surface area contributed by atoms with Crippen molar-refractivity contribution in [3.05, 3.63) is 83.9 Å². The number of aliphatic imine (C=N–C) groups is 1. The summed E-state index contributed by atoms with van der Waals surface area (Å²) in [6.45, 7) is 0.442. The quantitative estimate of drug-likeness (QED) is 0.531. The summed E-state index contributed by atoms with van der Waals surface area (Å²) in [4.78, 5) is 9.29. The van der Waals surface area contributed by atoms with E-state index < -0.39 is 0 Å². The summed E-state index contributed by atoms with van der Waals surface area (Å²) in [5.74, 6) is 2.30. The van der Waals surface area contributed by atoms with Gasteiger partial charge in [0.2, 0.25) is 5.95 Å². The monoisotopic (exact) mass is 399 g/mol. The Kier molecular flexibility index (Phi) is 4.48. The fourth-order valence-corrected chi connectivity index (χ4v) is 3.64. The van der Waals surface area contributed by atoms with Crippen molar-refractivity contribution in [3.63, 3.8) is 0 Å². The number of benzene rings is 3. The molecular weight excluding hydrogens is 378 g/mol. The molecule has 150 valence electrons. The number of nitrogens with zero attached hydrogens (tertiary/aromatic N) is 3. The molecule has 2 heterocycles. The molecule has 0 spiro atoms. The Morgan fingerprint density at radius 1 is 1.00 bits per heavy atom. The summed E-state index contributed by atoms with van der Waals surface area (Å²) in [6.07, 6.45) is -0.362. The maximum atomic E-state index is 6.08. The first-order valence-electron chi connectivity index (χ1n) is 9.65. The molecule has 7 nitrogen and oxygen atoms in total. The molecule has 0 radical (unpaired) electrons. The topological polar surface area (TPSA) is 86.7 Å². The number of para-hydroxylation sites is 2. The van der Waals surface area contributed by atoms with E-state index in [9.17, 15) is 0 Å². The summed E-state index contributed by atoms with van der Waals surface area (Å²) >= 11 is 0. The number of nitrogens with two attached hydrogens (primary N) is 1. The van der Waals surface area contributed by atoms with Crippen molar-refractivity contribution in [2.45, 2.75) is 12.8 Å². The molecule has 0 bridgehead atoms. The predicted octanol–water partition coefficient (Wildman–Crippen LogP) is 3.91. The summed E-state index contributed by atoms with van der Waals surface area (Å²) in [5, 5.41) is 3.06. The molecule has 7 heteroatoms. The lowest BCUT2D eigenvalue weighted by atomic mass is 10.1. The highest BCUT2D eigenvalue weighted by Crippen LogP contribution is 2.36. The van der Waals surface area contributed by atoms with Gasteiger partial charge in [-0.1, -0.05) is 48.5 Å². The number of hydrogen-bond acceptors (Lipinski definition) is 6. The lowest BCUT2D eigenvalue weighted by Crippen LogP contribution is -2.31. The van der Waals surface area contributed by atoms with Crippen LogP contribution in [0.5, 0.6) is 11.5 Å². The maximum Gasteiger partial charge on any atom is 0.212 e. The van der Waals surface area contributed by atoms with Crippen LogP contribution in [-0.2, 0) is 6.61 Å². The number of imidazole rings is 1. The van der Waals surface area contributed by atoms with Gasteiger partial charge in [-0.05, 0) is 29.8 Å². The Labute approximate surface area is 173 Å². The van der Waals surface area contributed by atoms with Crippen LogP contribution in [0.3, 0.4) is 0 Å². The van der Waals surface area contributed by atoms with Crippen molar-refractivity contribution >= 4 is 22.9 Å². The number of rotatable bonds is 5. The van der Waals surface area contributed by atoms with Gasteiger partial charge < -0.3 is 15.2 Å². The molecule has 1 unspecified atom stereocenters. The van der Waals surface area contributed by atoms with Gasteiger partial charge in [-0.2, -0.15) is 0 Å². The van der Waals surface area contributed by atoms with Gasteiger partial charge >= 0.3 is 0 Å². The van der Waals surface area contributed by atoms with Gasteiger partial charge in [0.05, 0.1) is 18.1 Å². The largest absolute Gasteiger partial charge is 0.493 e. The van der Waals surface area contributed by atoms with Crippen molar-refractivity contribution in [3.8, 4) is 11.5 Å². The number of anilines is 1. The maximum absolute atomic E-state index is 6.08. The number of ether oxygens (including phenoxy) is 2. The third-order valence-electron chi connectivity index (χ3n) is 5.06. The molecule has 1 aliphatic heterocycles. The zero-order valence-electron chi connectivity index (χ0n) is 16.4. The molecule has 5 rings (SSSR count). The first-order chi connectivity index (χ1) is 14.7. The van der Waals surface area contributed by atoms with Crippen molar-refractivity contribution in [2.24, 2.45) is 10.7 Å². The second-order valence-electron chi connectivity index (χ2n) is 6.99. The van der Waals surface area contributed by atoms with Crippen LogP contribution < -0.4 is 20.5 Å². The van der Waals surface area contributed by atoms with Crippen LogP contribution in [0.2, 0.25) is 0 Å². The molecule has 4 aromatic rings. The van der Waals surface area contributed by atoms with Crippen molar-refractivity contribution in [1.29, 1.82) is 0 Å². The molecule has 0 amide bonds. The zero-order valence-corrected chi connectivity index (χ0v) is 16.4. The van der Waals surface area contributed by atoms with E-state index in [0.717, 1.165) is 22.2 Å². The van der Waals surface area contributed by atoms with E-state index in [4.69, 9.17) is 15.2 Å². The SMILES string of the molecule is COc1ccc(C2N=C(N)Nc3nc4ccccc4n32)cc1OCc1ccccc1. The van der Waals surface area contributed by atoms with E-state index in [2.05, 4.69) is 15.3 Å². The van der Waals surface area contributed by atoms with Crippen LogP contribution in [-0.4, -0.2) is 22.6 Å². The number of nitrogens with one attached hydrogen (secondary N) is 1. The third-order valence-corrected chi connectivity index (χ3v) is 5.06. The zero-order chi connectivity index (χ0) is 20.5. The Balaban J connectivity index is 1.55. The summed E-state index contributed by atoms with van der Waals surface area (Å²) in [6, 6.07) is 23.8. The van der Waals surface area contributed by atoms with Crippen LogP contribution in [0.4, 0.5) is 5.95 Å². The molecule has 3 N–H and O–H groups in total. The molecule has 30 heavy (non-hydrogen) atoms. The molecule has 1 aromatic heterocycles. The highest BCUT2D eigenvalue weighted by molar-refractivity contribution is 5.94. The summed E-state index contributed by atoms with van der Waals surface area (Å²) in [5.41, 5.74) is 9.92. The van der Waals surface area contributed by atoms with Gasteiger partial charge in [0.15, 0.2) is 23.6 Å². The van der Waals surface area contributed by atoms with Gasteiger partial charge in [-0.3, -0.25) is 9.88 Å². The smallest absolute Gasteiger partial charge is 0.212 e. The Morgan fingerprint density at radius 3 is 2.63 bits per heavy atom. The van der Waals surface area contributed by atoms with Crippen molar-refractivity contribution in [2.75, 3.05) is 12.4 Å². The van der Waals surface area contributed by atoms with E-state index in [1.165, 1.54) is 0 Å². The molecular formula is C23H21N5O2. The number of guanidine groups is 1. The van der Waals surface area contributed by atoms with Crippen molar-refractivity contribution < 1.29 is 9.47 Å². The van der Waals surface area contributed by atoms with Crippen LogP contribution in [0.1, 0.15) is 17.3 Å². The van der Waals surface area contributed by atoms with E-state index in [-0.39, 0.29) is 6.17 Å². The molecule has 3 aromatic carbocycles. The fourth-order valence-electron chi connectivity index (χ4n) is 3.64. The minimum Gasteiger partial charge on any atom is -0.493 e. The lowest BCUT2D eigenvalue weighted by molar-refractivity contribution is 0.284. The fraction of sp³-hybridized carbons (Fsp3) is 0.130. The minimum atomic E-state index is -0.362. The molecule has 0 fully saturated rings. The summed E-state index contributed by atoms with van der Waals surface area (Å²) in [7, 11) is 1.63.